The first-order valence-corrected chi connectivity index (χ1v) is 7.67. The van der Waals surface area contributed by atoms with Gasteiger partial charge in [0.2, 0.25) is 0 Å². The molecule has 104 valence electrons. The second-order valence-corrected chi connectivity index (χ2v) is 6.40. The van der Waals surface area contributed by atoms with Gasteiger partial charge in [0, 0.05) is 21.9 Å². The monoisotopic (exact) mass is 339 g/mol. The highest BCUT2D eigenvalue weighted by Crippen LogP contribution is 2.55. The summed E-state index contributed by atoms with van der Waals surface area (Å²) in [6.45, 7) is 2.03. The van der Waals surface area contributed by atoms with Crippen molar-refractivity contribution in [1.82, 2.24) is 0 Å². The van der Waals surface area contributed by atoms with E-state index < -0.39 is 0 Å². The molecular formula is C18H14BrNO. The number of Topliss-reactive ketones (excluding diaryl/α,β-unsaturated/α-hetero) is 1. The Morgan fingerprint density at radius 1 is 1.10 bits per heavy atom. The quantitative estimate of drug-likeness (QED) is 0.772. The largest absolute Gasteiger partial charge is 0.294 e. The Morgan fingerprint density at radius 2 is 1.71 bits per heavy atom. The lowest BCUT2D eigenvalue weighted by Gasteiger charge is -2.02. The number of aryl methyl sites for hydroxylation is 1. The van der Waals surface area contributed by atoms with Gasteiger partial charge in [0.1, 0.15) is 0 Å². The van der Waals surface area contributed by atoms with E-state index in [4.69, 9.17) is 0 Å². The zero-order chi connectivity index (χ0) is 15.0. The van der Waals surface area contributed by atoms with Crippen molar-refractivity contribution in [2.24, 2.45) is 11.8 Å². The molecule has 0 radical (unpaired) electrons. The summed E-state index contributed by atoms with van der Waals surface area (Å²) in [5.41, 5.74) is 2.95. The lowest BCUT2D eigenvalue weighted by atomic mass is 10.0. The van der Waals surface area contributed by atoms with Crippen LogP contribution in [0.25, 0.3) is 0 Å². The van der Waals surface area contributed by atoms with E-state index in [1.807, 2.05) is 55.5 Å². The fraction of sp³-hybridized carbons (Fsp3) is 0.222. The summed E-state index contributed by atoms with van der Waals surface area (Å²) in [4.78, 5) is 12.6. The van der Waals surface area contributed by atoms with Crippen LogP contribution in [0.1, 0.15) is 27.4 Å². The first-order chi connectivity index (χ1) is 10.1. The highest BCUT2D eigenvalue weighted by molar-refractivity contribution is 9.10. The van der Waals surface area contributed by atoms with Gasteiger partial charge in [0.25, 0.3) is 0 Å². The molecule has 21 heavy (non-hydrogen) atoms. The SMILES string of the molecule is Cc1ccc(C2C(C#N)C2C(=O)c2ccc(Br)cc2)cc1. The van der Waals surface area contributed by atoms with Crippen molar-refractivity contribution in [3.63, 3.8) is 0 Å². The van der Waals surface area contributed by atoms with Crippen LogP contribution in [0.2, 0.25) is 0 Å². The topological polar surface area (TPSA) is 40.9 Å². The molecule has 0 aromatic heterocycles. The number of hydrogen-bond donors (Lipinski definition) is 0. The summed E-state index contributed by atoms with van der Waals surface area (Å²) in [5.74, 6) is -0.311. The summed E-state index contributed by atoms with van der Waals surface area (Å²) in [7, 11) is 0. The number of halogens is 1. The van der Waals surface area contributed by atoms with Crippen LogP contribution in [0.5, 0.6) is 0 Å². The van der Waals surface area contributed by atoms with Crippen molar-refractivity contribution in [3.05, 3.63) is 69.7 Å². The van der Waals surface area contributed by atoms with E-state index >= 15 is 0 Å². The third-order valence-corrected chi connectivity index (χ3v) is 4.59. The number of nitrogens with zero attached hydrogens (tertiary/aromatic N) is 1. The predicted molar refractivity (Wildman–Crippen MR) is 85.0 cm³/mol. The molecule has 0 amide bonds. The third kappa shape index (κ3) is 2.64. The molecule has 1 fully saturated rings. The minimum absolute atomic E-state index is 0.0340. The summed E-state index contributed by atoms with van der Waals surface area (Å²) < 4.78 is 0.946. The molecule has 3 atom stereocenters. The number of benzene rings is 2. The van der Waals surface area contributed by atoms with E-state index in [1.54, 1.807) is 0 Å². The van der Waals surface area contributed by atoms with Crippen molar-refractivity contribution in [2.75, 3.05) is 0 Å². The molecule has 2 aromatic rings. The van der Waals surface area contributed by atoms with Gasteiger partial charge >= 0.3 is 0 Å². The number of nitriles is 1. The summed E-state index contributed by atoms with van der Waals surface area (Å²) >= 11 is 3.36. The van der Waals surface area contributed by atoms with E-state index in [2.05, 4.69) is 22.0 Å². The second kappa shape index (κ2) is 5.46. The predicted octanol–water partition coefficient (Wildman–Crippen LogP) is 4.49. The molecular weight excluding hydrogens is 326 g/mol. The minimum atomic E-state index is -0.209. The van der Waals surface area contributed by atoms with Gasteiger partial charge in [-0.05, 0) is 24.6 Å². The number of hydrogen-bond acceptors (Lipinski definition) is 2. The Hall–Kier alpha value is -1.92. The molecule has 0 heterocycles. The van der Waals surface area contributed by atoms with Gasteiger partial charge < -0.3 is 0 Å². The fourth-order valence-electron chi connectivity index (χ4n) is 2.81. The maximum absolute atomic E-state index is 12.6. The summed E-state index contributed by atoms with van der Waals surface area (Å²) in [5, 5.41) is 9.29. The zero-order valence-corrected chi connectivity index (χ0v) is 13.2. The number of ketones is 1. The molecule has 3 heteroatoms. The van der Waals surface area contributed by atoms with Crippen LogP contribution in [-0.4, -0.2) is 5.78 Å². The van der Waals surface area contributed by atoms with Gasteiger partial charge in [-0.3, -0.25) is 4.79 Å². The highest BCUT2D eigenvalue weighted by atomic mass is 79.9. The average molecular weight is 340 g/mol. The maximum Gasteiger partial charge on any atom is 0.167 e. The first-order valence-electron chi connectivity index (χ1n) is 6.88. The van der Waals surface area contributed by atoms with Crippen LogP contribution in [0.4, 0.5) is 0 Å². The van der Waals surface area contributed by atoms with Crippen LogP contribution < -0.4 is 0 Å². The number of rotatable bonds is 3. The normalized spacial score (nSPS) is 23.4. The van der Waals surface area contributed by atoms with Crippen molar-refractivity contribution < 1.29 is 4.79 Å². The van der Waals surface area contributed by atoms with Crippen LogP contribution >= 0.6 is 15.9 Å². The second-order valence-electron chi connectivity index (χ2n) is 5.49. The molecule has 3 unspecified atom stereocenters. The molecule has 0 saturated heterocycles. The minimum Gasteiger partial charge on any atom is -0.294 e. The molecule has 2 aromatic carbocycles. The van der Waals surface area contributed by atoms with Crippen molar-refractivity contribution in [1.29, 1.82) is 5.26 Å². The van der Waals surface area contributed by atoms with Crippen LogP contribution in [-0.2, 0) is 0 Å². The van der Waals surface area contributed by atoms with E-state index in [9.17, 15) is 10.1 Å². The third-order valence-electron chi connectivity index (χ3n) is 4.06. The van der Waals surface area contributed by atoms with E-state index in [0.717, 1.165) is 10.0 Å². The van der Waals surface area contributed by atoms with Crippen molar-refractivity contribution in [3.8, 4) is 6.07 Å². The summed E-state index contributed by atoms with van der Waals surface area (Å²) in [6, 6.07) is 17.7. The first kappa shape index (κ1) is 14.0. The van der Waals surface area contributed by atoms with E-state index in [0.29, 0.717) is 5.56 Å². The molecule has 0 bridgehead atoms. The van der Waals surface area contributed by atoms with Crippen molar-refractivity contribution in [2.45, 2.75) is 12.8 Å². The molecule has 1 saturated carbocycles. The fourth-order valence-corrected chi connectivity index (χ4v) is 3.07. The highest BCUT2D eigenvalue weighted by Gasteiger charge is 2.55. The van der Waals surface area contributed by atoms with E-state index in [-0.39, 0.29) is 23.5 Å². The van der Waals surface area contributed by atoms with Gasteiger partial charge in [-0.1, -0.05) is 57.9 Å². The van der Waals surface area contributed by atoms with Gasteiger partial charge in [-0.15, -0.1) is 0 Å². The van der Waals surface area contributed by atoms with Gasteiger partial charge in [-0.25, -0.2) is 0 Å². The number of carbonyl (C=O) groups excluding carboxylic acids is 1. The van der Waals surface area contributed by atoms with Gasteiger partial charge in [-0.2, -0.15) is 5.26 Å². The molecule has 2 nitrogen and oxygen atoms in total. The zero-order valence-electron chi connectivity index (χ0n) is 11.6. The average Bonchev–Trinajstić information content (AvgIpc) is 3.22. The molecule has 1 aliphatic rings. The Bertz CT molecular complexity index is 712. The molecule has 3 rings (SSSR count). The summed E-state index contributed by atoms with van der Waals surface area (Å²) in [6.07, 6.45) is 0. The smallest absolute Gasteiger partial charge is 0.167 e. The molecule has 0 aliphatic heterocycles. The lowest BCUT2D eigenvalue weighted by molar-refractivity contribution is 0.0962. The van der Waals surface area contributed by atoms with Crippen LogP contribution in [0.3, 0.4) is 0 Å². The van der Waals surface area contributed by atoms with Gasteiger partial charge in [0.05, 0.1) is 12.0 Å². The lowest BCUT2D eigenvalue weighted by Crippen LogP contribution is -2.04. The van der Waals surface area contributed by atoms with Gasteiger partial charge in [0.15, 0.2) is 5.78 Å². The Labute approximate surface area is 132 Å². The standard InChI is InChI=1S/C18H14BrNO/c1-11-2-4-12(5-3-11)16-15(10-20)17(16)18(21)13-6-8-14(19)9-7-13/h2-9,15-17H,1H3. The van der Waals surface area contributed by atoms with Crippen LogP contribution in [0.15, 0.2) is 53.0 Å². The Morgan fingerprint density at radius 3 is 2.29 bits per heavy atom. The Kier molecular flexibility index (Phi) is 3.65. The number of carbonyl (C=O) groups is 1. The Balaban J connectivity index is 1.85. The van der Waals surface area contributed by atoms with Crippen molar-refractivity contribution >= 4 is 21.7 Å². The van der Waals surface area contributed by atoms with Crippen LogP contribution in [0, 0.1) is 30.1 Å². The molecule has 1 aliphatic carbocycles. The van der Waals surface area contributed by atoms with E-state index in [1.165, 1.54) is 5.56 Å². The molecule has 0 N–H and O–H groups in total. The molecule has 0 spiro atoms. The maximum atomic E-state index is 12.6.